The smallest absolute Gasteiger partial charge is 0.216 e. The molecule has 2 unspecified atom stereocenters. The normalized spacial score (nSPS) is 22.2. The molecule has 2 N–H and O–H groups in total. The van der Waals surface area contributed by atoms with Crippen molar-refractivity contribution in [3.8, 4) is 5.88 Å². The number of rotatable bonds is 1. The molecule has 2 heterocycles. The van der Waals surface area contributed by atoms with E-state index in [-0.39, 0.29) is 12.1 Å². The van der Waals surface area contributed by atoms with Crippen molar-refractivity contribution >= 4 is 0 Å². The van der Waals surface area contributed by atoms with E-state index >= 15 is 0 Å². The van der Waals surface area contributed by atoms with Crippen molar-refractivity contribution in [3.63, 3.8) is 0 Å². The first-order valence-electron chi connectivity index (χ1n) is 4.54. The molecule has 0 bridgehead atoms. The third-order valence-electron chi connectivity index (χ3n) is 2.33. The Morgan fingerprint density at radius 2 is 2.46 bits per heavy atom. The summed E-state index contributed by atoms with van der Waals surface area (Å²) in [6.45, 7) is 4.00. The zero-order valence-electron chi connectivity index (χ0n) is 7.95. The molecule has 0 aromatic carbocycles. The Hall–Kier alpha value is -1.09. The van der Waals surface area contributed by atoms with Crippen LogP contribution in [0.15, 0.2) is 12.3 Å². The van der Waals surface area contributed by atoms with Gasteiger partial charge in [-0.3, -0.25) is 0 Å². The Morgan fingerprint density at radius 3 is 3.15 bits per heavy atom. The van der Waals surface area contributed by atoms with Gasteiger partial charge in [0, 0.05) is 24.2 Å². The minimum absolute atomic E-state index is 0.0644. The Kier molecular flexibility index (Phi) is 1.96. The molecule has 1 aliphatic rings. The molecular formula is C10H14N2O. The van der Waals surface area contributed by atoms with E-state index in [2.05, 4.69) is 11.1 Å². The van der Waals surface area contributed by atoms with Crippen LogP contribution < -0.4 is 10.5 Å². The van der Waals surface area contributed by atoms with Crippen LogP contribution in [0, 0.1) is 6.92 Å². The molecule has 70 valence electrons. The number of hydrogen-bond acceptors (Lipinski definition) is 3. The third kappa shape index (κ3) is 1.52. The van der Waals surface area contributed by atoms with Crippen molar-refractivity contribution in [1.29, 1.82) is 0 Å². The van der Waals surface area contributed by atoms with Gasteiger partial charge in [0.1, 0.15) is 6.10 Å². The van der Waals surface area contributed by atoms with E-state index in [1.54, 1.807) is 0 Å². The molecule has 2 atom stereocenters. The van der Waals surface area contributed by atoms with Crippen molar-refractivity contribution in [2.45, 2.75) is 32.4 Å². The van der Waals surface area contributed by atoms with Crippen molar-refractivity contribution < 1.29 is 4.74 Å². The summed E-state index contributed by atoms with van der Waals surface area (Å²) in [4.78, 5) is 4.21. The van der Waals surface area contributed by atoms with Crippen LogP contribution in [-0.2, 0) is 6.42 Å². The number of fused-ring (bicyclic) bond motifs is 1. The summed E-state index contributed by atoms with van der Waals surface area (Å²) in [5, 5.41) is 0. The molecule has 1 aromatic heterocycles. The molecule has 0 saturated carbocycles. The van der Waals surface area contributed by atoms with Crippen LogP contribution in [0.5, 0.6) is 5.88 Å². The second-order valence-electron chi connectivity index (χ2n) is 3.70. The summed E-state index contributed by atoms with van der Waals surface area (Å²) in [5.74, 6) is 0.757. The van der Waals surface area contributed by atoms with Crippen molar-refractivity contribution in [1.82, 2.24) is 4.98 Å². The van der Waals surface area contributed by atoms with Gasteiger partial charge in [0.05, 0.1) is 0 Å². The highest BCUT2D eigenvalue weighted by molar-refractivity contribution is 5.33. The Bertz CT molecular complexity index is 323. The fourth-order valence-electron chi connectivity index (χ4n) is 1.56. The standard InChI is InChI=1S/C10H14N2O/c1-6-3-8-4-9(7(2)11)13-10(8)12-5-6/h3,5,7,9H,4,11H2,1-2H3. The van der Waals surface area contributed by atoms with E-state index in [1.807, 2.05) is 20.0 Å². The van der Waals surface area contributed by atoms with Gasteiger partial charge in [-0.15, -0.1) is 0 Å². The fraction of sp³-hybridized carbons (Fsp3) is 0.500. The lowest BCUT2D eigenvalue weighted by molar-refractivity contribution is 0.199. The molecule has 0 saturated heterocycles. The van der Waals surface area contributed by atoms with Crippen LogP contribution in [0.2, 0.25) is 0 Å². The Morgan fingerprint density at radius 1 is 1.69 bits per heavy atom. The topological polar surface area (TPSA) is 48.1 Å². The summed E-state index contributed by atoms with van der Waals surface area (Å²) in [5.41, 5.74) is 8.12. The zero-order valence-corrected chi connectivity index (χ0v) is 7.95. The third-order valence-corrected chi connectivity index (χ3v) is 2.33. The molecule has 1 aliphatic heterocycles. The van der Waals surface area contributed by atoms with Gasteiger partial charge >= 0.3 is 0 Å². The number of hydrogen-bond donors (Lipinski definition) is 1. The van der Waals surface area contributed by atoms with Crippen LogP contribution in [0.25, 0.3) is 0 Å². The summed E-state index contributed by atoms with van der Waals surface area (Å²) in [7, 11) is 0. The summed E-state index contributed by atoms with van der Waals surface area (Å²) in [6, 6.07) is 2.18. The monoisotopic (exact) mass is 178 g/mol. The lowest BCUT2D eigenvalue weighted by Gasteiger charge is -2.12. The van der Waals surface area contributed by atoms with E-state index < -0.39 is 0 Å². The molecule has 2 rings (SSSR count). The summed E-state index contributed by atoms with van der Waals surface area (Å²) in [6.07, 6.45) is 2.81. The first kappa shape index (κ1) is 8.51. The molecule has 0 fully saturated rings. The average Bonchev–Trinajstić information content (AvgIpc) is 2.46. The quantitative estimate of drug-likeness (QED) is 0.699. The molecule has 0 spiro atoms. The van der Waals surface area contributed by atoms with E-state index in [9.17, 15) is 0 Å². The second kappa shape index (κ2) is 3.00. The maximum Gasteiger partial charge on any atom is 0.216 e. The van der Waals surface area contributed by atoms with Crippen LogP contribution in [0.4, 0.5) is 0 Å². The van der Waals surface area contributed by atoms with Crippen molar-refractivity contribution in [2.75, 3.05) is 0 Å². The van der Waals surface area contributed by atoms with Crippen LogP contribution in [-0.4, -0.2) is 17.1 Å². The molecule has 1 aromatic rings. The molecule has 3 heteroatoms. The number of aryl methyl sites for hydroxylation is 1. The number of nitrogens with two attached hydrogens (primary N) is 1. The lowest BCUT2D eigenvalue weighted by Crippen LogP contribution is -2.34. The highest BCUT2D eigenvalue weighted by Crippen LogP contribution is 2.27. The zero-order chi connectivity index (χ0) is 9.42. The molecule has 13 heavy (non-hydrogen) atoms. The first-order chi connectivity index (χ1) is 6.16. The van der Waals surface area contributed by atoms with E-state index in [1.165, 1.54) is 11.1 Å². The maximum absolute atomic E-state index is 5.76. The highest BCUT2D eigenvalue weighted by Gasteiger charge is 2.26. The van der Waals surface area contributed by atoms with Gasteiger partial charge in [-0.25, -0.2) is 4.98 Å². The maximum atomic E-state index is 5.76. The predicted octanol–water partition coefficient (Wildman–Crippen LogP) is 1.04. The molecule has 0 aliphatic carbocycles. The molecule has 0 amide bonds. The van der Waals surface area contributed by atoms with Crippen molar-refractivity contribution in [2.24, 2.45) is 5.73 Å². The van der Waals surface area contributed by atoms with Gasteiger partial charge < -0.3 is 10.5 Å². The second-order valence-corrected chi connectivity index (χ2v) is 3.70. The number of nitrogens with zero attached hydrogens (tertiary/aromatic N) is 1. The van der Waals surface area contributed by atoms with Gasteiger partial charge in [-0.1, -0.05) is 0 Å². The Balaban J connectivity index is 2.25. The largest absolute Gasteiger partial charge is 0.472 e. The fourth-order valence-corrected chi connectivity index (χ4v) is 1.56. The minimum atomic E-state index is 0.0644. The molecular weight excluding hydrogens is 164 g/mol. The van der Waals surface area contributed by atoms with Crippen LogP contribution in [0.1, 0.15) is 18.1 Å². The lowest BCUT2D eigenvalue weighted by atomic mass is 10.1. The number of aromatic nitrogens is 1. The predicted molar refractivity (Wildman–Crippen MR) is 50.7 cm³/mol. The summed E-state index contributed by atoms with van der Waals surface area (Å²) < 4.78 is 5.59. The number of pyridine rings is 1. The van der Waals surface area contributed by atoms with E-state index in [0.717, 1.165) is 12.3 Å². The average molecular weight is 178 g/mol. The SMILES string of the molecule is Cc1cnc2c(c1)CC(C(C)N)O2. The van der Waals surface area contributed by atoms with Gasteiger partial charge in [0.2, 0.25) is 5.88 Å². The Labute approximate surface area is 77.9 Å². The first-order valence-corrected chi connectivity index (χ1v) is 4.54. The van der Waals surface area contributed by atoms with Crippen LogP contribution in [0.3, 0.4) is 0 Å². The van der Waals surface area contributed by atoms with Gasteiger partial charge in [0.15, 0.2) is 0 Å². The highest BCUT2D eigenvalue weighted by atomic mass is 16.5. The van der Waals surface area contributed by atoms with E-state index in [0.29, 0.717) is 0 Å². The minimum Gasteiger partial charge on any atom is -0.472 e. The number of ether oxygens (including phenoxy) is 1. The van der Waals surface area contributed by atoms with Crippen molar-refractivity contribution in [3.05, 3.63) is 23.4 Å². The van der Waals surface area contributed by atoms with Gasteiger partial charge in [-0.05, 0) is 25.5 Å². The van der Waals surface area contributed by atoms with Gasteiger partial charge in [-0.2, -0.15) is 0 Å². The van der Waals surface area contributed by atoms with Crippen LogP contribution >= 0.6 is 0 Å². The molecule has 0 radical (unpaired) electrons. The summed E-state index contributed by atoms with van der Waals surface area (Å²) >= 11 is 0. The van der Waals surface area contributed by atoms with Gasteiger partial charge in [0.25, 0.3) is 0 Å². The van der Waals surface area contributed by atoms with E-state index in [4.69, 9.17) is 10.5 Å². The molecule has 3 nitrogen and oxygen atoms in total.